The first-order valence-electron chi connectivity index (χ1n) is 7.09. The molecule has 0 aromatic heterocycles. The Bertz CT molecular complexity index is 148. The van der Waals surface area contributed by atoms with Crippen LogP contribution in [0.1, 0.15) is 59.8 Å². The largest absolute Gasteiger partial charge is 0.314 e. The fourth-order valence-electron chi connectivity index (χ4n) is 2.18. The van der Waals surface area contributed by atoms with Crippen LogP contribution in [0, 0.1) is 0 Å². The second-order valence-corrected chi connectivity index (χ2v) is 4.92. The molecule has 0 fully saturated rings. The second-order valence-electron chi connectivity index (χ2n) is 4.92. The normalized spacial score (nSPS) is 15.4. The number of nitrogens with one attached hydrogen (secondary N) is 1. The lowest BCUT2D eigenvalue weighted by Crippen LogP contribution is -2.32. The number of rotatable bonds is 10. The summed E-state index contributed by atoms with van der Waals surface area (Å²) < 4.78 is 0. The Morgan fingerprint density at radius 2 is 1.81 bits per heavy atom. The molecule has 2 atom stereocenters. The highest BCUT2D eigenvalue weighted by atomic mass is 15.1. The van der Waals surface area contributed by atoms with Crippen molar-refractivity contribution in [2.45, 2.75) is 71.9 Å². The average molecular weight is 228 g/mol. The molecule has 16 heavy (non-hydrogen) atoms. The molecule has 0 rings (SSSR count). The summed E-state index contributed by atoms with van der Waals surface area (Å²) >= 11 is 0. The molecule has 0 bridgehead atoms. The van der Waals surface area contributed by atoms with E-state index in [1.807, 2.05) is 0 Å². The topological polar surface area (TPSA) is 15.3 Å². The van der Waals surface area contributed by atoms with Gasteiger partial charge in [0.05, 0.1) is 0 Å². The molecular formula is C14H32N2. The number of hydrogen-bond acceptors (Lipinski definition) is 2. The molecule has 0 saturated heterocycles. The minimum atomic E-state index is 0.722. The van der Waals surface area contributed by atoms with Crippen LogP contribution in [-0.4, -0.2) is 37.1 Å². The summed E-state index contributed by atoms with van der Waals surface area (Å²) in [5, 5.41) is 3.54. The van der Waals surface area contributed by atoms with Crippen molar-refractivity contribution in [3.63, 3.8) is 0 Å². The summed E-state index contributed by atoms with van der Waals surface area (Å²) in [4.78, 5) is 2.50. The van der Waals surface area contributed by atoms with Crippen LogP contribution < -0.4 is 5.32 Å². The molecule has 0 aliphatic rings. The van der Waals surface area contributed by atoms with Crippen LogP contribution in [0.3, 0.4) is 0 Å². The van der Waals surface area contributed by atoms with E-state index in [2.05, 4.69) is 45.0 Å². The third kappa shape index (κ3) is 7.24. The van der Waals surface area contributed by atoms with Gasteiger partial charge >= 0.3 is 0 Å². The minimum absolute atomic E-state index is 0.722. The van der Waals surface area contributed by atoms with Gasteiger partial charge in [0.25, 0.3) is 0 Å². The Hall–Kier alpha value is -0.0800. The van der Waals surface area contributed by atoms with Gasteiger partial charge in [-0.25, -0.2) is 0 Å². The van der Waals surface area contributed by atoms with E-state index >= 15 is 0 Å². The molecule has 0 saturated carbocycles. The molecule has 0 aromatic rings. The Labute approximate surface area is 103 Å². The summed E-state index contributed by atoms with van der Waals surface area (Å²) in [5.74, 6) is 0. The summed E-state index contributed by atoms with van der Waals surface area (Å²) in [6.07, 6.45) is 6.49. The first-order chi connectivity index (χ1) is 7.65. The average Bonchev–Trinajstić information content (AvgIpc) is 2.28. The van der Waals surface area contributed by atoms with Crippen LogP contribution in [0.4, 0.5) is 0 Å². The zero-order valence-electron chi connectivity index (χ0n) is 12.1. The fourth-order valence-corrected chi connectivity index (χ4v) is 2.18. The monoisotopic (exact) mass is 228 g/mol. The van der Waals surface area contributed by atoms with Crippen LogP contribution in [0.25, 0.3) is 0 Å². The van der Waals surface area contributed by atoms with Crippen molar-refractivity contribution in [1.82, 2.24) is 10.2 Å². The van der Waals surface area contributed by atoms with Crippen molar-refractivity contribution in [3.05, 3.63) is 0 Å². The molecule has 2 nitrogen and oxygen atoms in total. The fraction of sp³-hybridized carbons (Fsp3) is 1.00. The van der Waals surface area contributed by atoms with Gasteiger partial charge in [-0.05, 0) is 52.7 Å². The summed E-state index contributed by atoms with van der Waals surface area (Å²) in [7, 11) is 2.26. The van der Waals surface area contributed by atoms with E-state index in [0.717, 1.165) is 18.6 Å². The van der Waals surface area contributed by atoms with Gasteiger partial charge in [-0.15, -0.1) is 0 Å². The van der Waals surface area contributed by atoms with Gasteiger partial charge in [0.2, 0.25) is 0 Å². The lowest BCUT2D eigenvalue weighted by atomic mass is 10.1. The lowest BCUT2D eigenvalue weighted by molar-refractivity contribution is 0.236. The molecule has 0 heterocycles. The predicted octanol–water partition coefficient (Wildman–Crippen LogP) is 3.28. The molecule has 0 radical (unpaired) electrons. The van der Waals surface area contributed by atoms with Gasteiger partial charge in [0.1, 0.15) is 0 Å². The smallest absolute Gasteiger partial charge is 0.00647 e. The molecule has 1 N–H and O–H groups in total. The maximum Gasteiger partial charge on any atom is 0.00647 e. The Morgan fingerprint density at radius 1 is 1.12 bits per heavy atom. The Balaban J connectivity index is 3.62. The lowest BCUT2D eigenvalue weighted by Gasteiger charge is -2.25. The maximum atomic E-state index is 3.54. The van der Waals surface area contributed by atoms with Crippen molar-refractivity contribution >= 4 is 0 Å². The highest BCUT2D eigenvalue weighted by Crippen LogP contribution is 2.07. The van der Waals surface area contributed by atoms with Gasteiger partial charge in [-0.3, -0.25) is 0 Å². The van der Waals surface area contributed by atoms with Crippen molar-refractivity contribution in [1.29, 1.82) is 0 Å². The van der Waals surface area contributed by atoms with Crippen LogP contribution >= 0.6 is 0 Å². The zero-order valence-corrected chi connectivity index (χ0v) is 12.1. The first kappa shape index (κ1) is 15.9. The molecule has 0 spiro atoms. The molecule has 2 heteroatoms. The summed E-state index contributed by atoms with van der Waals surface area (Å²) in [5.41, 5.74) is 0. The number of hydrogen-bond donors (Lipinski definition) is 1. The van der Waals surface area contributed by atoms with Crippen LogP contribution in [0.2, 0.25) is 0 Å². The molecule has 0 aliphatic heterocycles. The van der Waals surface area contributed by atoms with E-state index in [4.69, 9.17) is 0 Å². The van der Waals surface area contributed by atoms with E-state index in [-0.39, 0.29) is 0 Å². The molecule has 2 unspecified atom stereocenters. The summed E-state index contributed by atoms with van der Waals surface area (Å²) in [6, 6.07) is 1.46. The second kappa shape index (κ2) is 10.1. The van der Waals surface area contributed by atoms with Crippen LogP contribution in [-0.2, 0) is 0 Å². The van der Waals surface area contributed by atoms with Crippen LogP contribution in [0.5, 0.6) is 0 Å². The van der Waals surface area contributed by atoms with Crippen LogP contribution in [0.15, 0.2) is 0 Å². The predicted molar refractivity (Wildman–Crippen MR) is 74.0 cm³/mol. The van der Waals surface area contributed by atoms with E-state index in [1.165, 1.54) is 38.6 Å². The van der Waals surface area contributed by atoms with Crippen molar-refractivity contribution in [2.24, 2.45) is 0 Å². The van der Waals surface area contributed by atoms with Gasteiger partial charge < -0.3 is 10.2 Å². The van der Waals surface area contributed by atoms with Gasteiger partial charge in [-0.1, -0.05) is 27.2 Å². The Morgan fingerprint density at radius 3 is 2.31 bits per heavy atom. The molecule has 98 valence electrons. The van der Waals surface area contributed by atoms with E-state index < -0.39 is 0 Å². The van der Waals surface area contributed by atoms with Crippen molar-refractivity contribution < 1.29 is 0 Å². The molecule has 0 aromatic carbocycles. The van der Waals surface area contributed by atoms with Gasteiger partial charge in [-0.2, -0.15) is 0 Å². The third-order valence-electron chi connectivity index (χ3n) is 3.51. The highest BCUT2D eigenvalue weighted by molar-refractivity contribution is 4.67. The quantitative estimate of drug-likeness (QED) is 0.617. The van der Waals surface area contributed by atoms with Crippen molar-refractivity contribution in [2.75, 3.05) is 20.1 Å². The van der Waals surface area contributed by atoms with E-state index in [1.54, 1.807) is 0 Å². The molecule has 0 aliphatic carbocycles. The molecular weight excluding hydrogens is 196 g/mol. The third-order valence-corrected chi connectivity index (χ3v) is 3.51. The minimum Gasteiger partial charge on any atom is -0.314 e. The van der Waals surface area contributed by atoms with Crippen molar-refractivity contribution in [3.8, 4) is 0 Å². The van der Waals surface area contributed by atoms with E-state index in [9.17, 15) is 0 Å². The zero-order chi connectivity index (χ0) is 12.4. The van der Waals surface area contributed by atoms with Gasteiger partial charge in [0, 0.05) is 12.1 Å². The molecule has 0 amide bonds. The standard InChI is InChI=1S/C14H32N2/c1-6-10-13(4)16(5)12-9-11-14(7-2)15-8-3/h13-15H,6-12H2,1-5H3. The SMILES string of the molecule is CCCC(C)N(C)CCCC(CC)NCC. The number of nitrogens with zero attached hydrogens (tertiary/aromatic N) is 1. The first-order valence-corrected chi connectivity index (χ1v) is 7.09. The highest BCUT2D eigenvalue weighted by Gasteiger charge is 2.09. The summed E-state index contributed by atoms with van der Waals surface area (Å²) in [6.45, 7) is 11.4. The van der Waals surface area contributed by atoms with E-state index in [0.29, 0.717) is 0 Å². The maximum absolute atomic E-state index is 3.54. The van der Waals surface area contributed by atoms with Gasteiger partial charge in [0.15, 0.2) is 0 Å². The Kier molecular flexibility index (Phi) is 10.0.